The lowest BCUT2D eigenvalue weighted by atomic mass is 10.2. The summed E-state index contributed by atoms with van der Waals surface area (Å²) >= 11 is 0. The molecule has 0 fully saturated rings. The minimum Gasteiger partial charge on any atom is -0.493 e. The third-order valence-electron chi connectivity index (χ3n) is 3.18. The zero-order valence-corrected chi connectivity index (χ0v) is 12.6. The topological polar surface area (TPSA) is 63.5 Å². The number of carbonyl (C=O) groups excluding carboxylic acids is 1. The number of benzene rings is 1. The van der Waals surface area contributed by atoms with E-state index in [1.165, 1.54) is 0 Å². The first-order valence-corrected chi connectivity index (χ1v) is 7.27. The Kier molecular flexibility index (Phi) is 5.63. The molecule has 1 amide bonds. The number of methoxy groups -OCH3 is 1. The summed E-state index contributed by atoms with van der Waals surface area (Å²) in [4.78, 5) is 11.4. The minimum absolute atomic E-state index is 0.0793. The molecule has 0 aliphatic rings. The number of furan rings is 1. The predicted octanol–water partition coefficient (Wildman–Crippen LogP) is 2.45. The minimum atomic E-state index is 0.0793. The molecule has 0 spiro atoms. The first kappa shape index (κ1) is 15.4. The van der Waals surface area contributed by atoms with E-state index in [9.17, 15) is 4.79 Å². The predicted molar refractivity (Wildman–Crippen MR) is 82.4 cm³/mol. The molecule has 0 saturated carbocycles. The highest BCUT2D eigenvalue weighted by atomic mass is 16.5. The van der Waals surface area contributed by atoms with Gasteiger partial charge in [0.25, 0.3) is 0 Å². The quantitative estimate of drug-likeness (QED) is 0.733. The van der Waals surface area contributed by atoms with Gasteiger partial charge in [0.1, 0.15) is 5.76 Å². The molecule has 0 aliphatic heterocycles. The van der Waals surface area contributed by atoms with Crippen molar-refractivity contribution in [2.24, 2.45) is 0 Å². The number of hydrogen-bond donors (Lipinski definition) is 2. The van der Waals surface area contributed by atoms with Crippen LogP contribution in [0.4, 0.5) is 0 Å². The van der Waals surface area contributed by atoms with Crippen LogP contribution in [0.1, 0.15) is 25.5 Å². The van der Waals surface area contributed by atoms with Gasteiger partial charge in [0, 0.05) is 24.9 Å². The maximum Gasteiger partial charge on any atom is 0.221 e. The van der Waals surface area contributed by atoms with Crippen LogP contribution in [-0.4, -0.2) is 26.1 Å². The second kappa shape index (κ2) is 7.69. The summed E-state index contributed by atoms with van der Waals surface area (Å²) in [7, 11) is 1.63. The number of carbonyl (C=O) groups is 1. The maximum atomic E-state index is 11.4. The summed E-state index contributed by atoms with van der Waals surface area (Å²) in [5, 5.41) is 7.08. The van der Waals surface area contributed by atoms with E-state index in [0.29, 0.717) is 19.5 Å². The lowest BCUT2D eigenvalue weighted by molar-refractivity contribution is -0.120. The van der Waals surface area contributed by atoms with Gasteiger partial charge in [-0.2, -0.15) is 0 Å². The van der Waals surface area contributed by atoms with Crippen molar-refractivity contribution in [3.63, 3.8) is 0 Å². The molecule has 2 aromatic rings. The molecule has 2 N–H and O–H groups in total. The van der Waals surface area contributed by atoms with E-state index >= 15 is 0 Å². The number of hydrogen-bond acceptors (Lipinski definition) is 4. The van der Waals surface area contributed by atoms with Gasteiger partial charge in [-0.1, -0.05) is 19.1 Å². The van der Waals surface area contributed by atoms with Gasteiger partial charge in [0.2, 0.25) is 5.91 Å². The van der Waals surface area contributed by atoms with Crippen molar-refractivity contribution in [3.05, 3.63) is 30.0 Å². The van der Waals surface area contributed by atoms with E-state index < -0.39 is 0 Å². The molecule has 0 radical (unpaired) electrons. The number of para-hydroxylation sites is 1. The highest BCUT2D eigenvalue weighted by Crippen LogP contribution is 2.28. The van der Waals surface area contributed by atoms with Gasteiger partial charge in [0.15, 0.2) is 11.3 Å². The van der Waals surface area contributed by atoms with Crippen LogP contribution in [0.3, 0.4) is 0 Å². The summed E-state index contributed by atoms with van der Waals surface area (Å²) in [5.41, 5.74) is 0.762. The summed E-state index contributed by atoms with van der Waals surface area (Å²) < 4.78 is 11.0. The fourth-order valence-corrected chi connectivity index (χ4v) is 2.10. The molecular formula is C16H22N2O3. The monoisotopic (exact) mass is 290 g/mol. The molecule has 5 nitrogen and oxygen atoms in total. The molecule has 2 rings (SSSR count). The molecule has 5 heteroatoms. The molecule has 1 heterocycles. The normalized spacial score (nSPS) is 10.8. The fourth-order valence-electron chi connectivity index (χ4n) is 2.10. The molecule has 0 saturated heterocycles. The molecule has 0 aliphatic carbocycles. The Morgan fingerprint density at radius 2 is 2.19 bits per heavy atom. The summed E-state index contributed by atoms with van der Waals surface area (Å²) in [5.74, 6) is 1.65. The standard InChI is InChI=1S/C16H22N2O3/c1-3-8-18-15(19)7-9-17-11-13-10-12-5-4-6-14(20-2)16(12)21-13/h4-6,10,17H,3,7-9,11H2,1-2H3,(H,18,19). The smallest absolute Gasteiger partial charge is 0.221 e. The fraction of sp³-hybridized carbons (Fsp3) is 0.438. The van der Waals surface area contributed by atoms with Crippen LogP contribution >= 0.6 is 0 Å². The van der Waals surface area contributed by atoms with Crippen molar-refractivity contribution >= 4 is 16.9 Å². The molecule has 1 aromatic carbocycles. The first-order chi connectivity index (χ1) is 10.2. The van der Waals surface area contributed by atoms with E-state index in [1.54, 1.807) is 7.11 Å². The Balaban J connectivity index is 1.82. The van der Waals surface area contributed by atoms with Gasteiger partial charge in [0.05, 0.1) is 13.7 Å². The van der Waals surface area contributed by atoms with Crippen LogP contribution < -0.4 is 15.4 Å². The SMILES string of the molecule is CCCNC(=O)CCNCc1cc2cccc(OC)c2o1. The van der Waals surface area contributed by atoms with Crippen LogP contribution in [0.25, 0.3) is 11.0 Å². The highest BCUT2D eigenvalue weighted by Gasteiger charge is 2.08. The van der Waals surface area contributed by atoms with Gasteiger partial charge < -0.3 is 19.8 Å². The van der Waals surface area contributed by atoms with E-state index in [-0.39, 0.29) is 5.91 Å². The molecule has 1 aromatic heterocycles. The number of fused-ring (bicyclic) bond motifs is 1. The lowest BCUT2D eigenvalue weighted by Crippen LogP contribution is -2.27. The third kappa shape index (κ3) is 4.23. The average Bonchev–Trinajstić information content (AvgIpc) is 2.92. The Morgan fingerprint density at radius 1 is 1.33 bits per heavy atom. The number of nitrogens with one attached hydrogen (secondary N) is 2. The maximum absolute atomic E-state index is 11.4. The van der Waals surface area contributed by atoms with Crippen LogP contribution in [0.2, 0.25) is 0 Å². The van der Waals surface area contributed by atoms with E-state index in [0.717, 1.165) is 35.4 Å². The van der Waals surface area contributed by atoms with E-state index in [4.69, 9.17) is 9.15 Å². The van der Waals surface area contributed by atoms with Gasteiger partial charge in [-0.05, 0) is 18.6 Å². The van der Waals surface area contributed by atoms with E-state index in [2.05, 4.69) is 10.6 Å². The molecule has 0 unspecified atom stereocenters. The van der Waals surface area contributed by atoms with Crippen molar-refractivity contribution in [2.45, 2.75) is 26.3 Å². The Bertz CT molecular complexity index is 592. The Hall–Kier alpha value is -2.01. The zero-order chi connectivity index (χ0) is 15.1. The van der Waals surface area contributed by atoms with Crippen molar-refractivity contribution < 1.29 is 13.9 Å². The lowest BCUT2D eigenvalue weighted by Gasteiger charge is -2.04. The first-order valence-electron chi connectivity index (χ1n) is 7.27. The van der Waals surface area contributed by atoms with Gasteiger partial charge in [-0.3, -0.25) is 4.79 Å². The summed E-state index contributed by atoms with van der Waals surface area (Å²) in [6, 6.07) is 7.79. The molecular weight excluding hydrogens is 268 g/mol. The van der Waals surface area contributed by atoms with Gasteiger partial charge >= 0.3 is 0 Å². The van der Waals surface area contributed by atoms with Crippen LogP contribution in [-0.2, 0) is 11.3 Å². The van der Waals surface area contributed by atoms with Crippen LogP contribution in [0, 0.1) is 0 Å². The number of rotatable bonds is 8. The largest absolute Gasteiger partial charge is 0.493 e. The zero-order valence-electron chi connectivity index (χ0n) is 12.6. The third-order valence-corrected chi connectivity index (χ3v) is 3.18. The van der Waals surface area contributed by atoms with E-state index in [1.807, 2.05) is 31.2 Å². The Morgan fingerprint density at radius 3 is 2.95 bits per heavy atom. The second-order valence-electron chi connectivity index (χ2n) is 4.87. The van der Waals surface area contributed by atoms with Gasteiger partial charge in [-0.15, -0.1) is 0 Å². The molecule has 114 valence electrons. The molecule has 21 heavy (non-hydrogen) atoms. The van der Waals surface area contributed by atoms with Crippen LogP contribution in [0.5, 0.6) is 5.75 Å². The van der Waals surface area contributed by atoms with Crippen LogP contribution in [0.15, 0.2) is 28.7 Å². The molecule has 0 atom stereocenters. The van der Waals surface area contributed by atoms with Crippen molar-refractivity contribution in [1.82, 2.24) is 10.6 Å². The average molecular weight is 290 g/mol. The van der Waals surface area contributed by atoms with Crippen molar-refractivity contribution in [3.8, 4) is 5.75 Å². The molecule has 0 bridgehead atoms. The summed E-state index contributed by atoms with van der Waals surface area (Å²) in [6.45, 7) is 4.00. The van der Waals surface area contributed by atoms with Crippen molar-refractivity contribution in [2.75, 3.05) is 20.2 Å². The number of amides is 1. The number of ether oxygens (including phenoxy) is 1. The highest BCUT2D eigenvalue weighted by molar-refractivity contribution is 5.83. The van der Waals surface area contributed by atoms with Crippen molar-refractivity contribution in [1.29, 1.82) is 0 Å². The Labute approximate surface area is 124 Å². The van der Waals surface area contributed by atoms with Gasteiger partial charge in [-0.25, -0.2) is 0 Å². The second-order valence-corrected chi connectivity index (χ2v) is 4.87. The summed E-state index contributed by atoms with van der Waals surface area (Å²) in [6.07, 6.45) is 1.43.